The van der Waals surface area contributed by atoms with Crippen LogP contribution in [0.3, 0.4) is 0 Å². The largest absolute Gasteiger partial charge is 0.396 e. The fourth-order valence-corrected chi connectivity index (χ4v) is 1.55. The van der Waals surface area contributed by atoms with Crippen LogP contribution in [-0.2, 0) is 0 Å². The first kappa shape index (κ1) is 8.34. The summed E-state index contributed by atoms with van der Waals surface area (Å²) in [5.74, 6) is 1.39. The minimum absolute atomic E-state index is 0.493. The summed E-state index contributed by atoms with van der Waals surface area (Å²) >= 11 is 0. The molecule has 0 spiro atoms. The Morgan fingerprint density at radius 2 is 2.27 bits per heavy atom. The molecule has 0 bridgehead atoms. The summed E-state index contributed by atoms with van der Waals surface area (Å²) in [7, 11) is 0. The van der Waals surface area contributed by atoms with Gasteiger partial charge in [-0.05, 0) is 29.3 Å². The van der Waals surface area contributed by atoms with Crippen LogP contribution in [0.5, 0.6) is 0 Å². The molecule has 2 aromatic rings. The fourth-order valence-electron chi connectivity index (χ4n) is 1.55. The predicted octanol–water partition coefficient (Wildman–Crippen LogP) is 0.517. The summed E-state index contributed by atoms with van der Waals surface area (Å²) in [5.41, 5.74) is 7.21. The molecule has 6 heteroatoms. The van der Waals surface area contributed by atoms with Gasteiger partial charge in [0.1, 0.15) is 0 Å². The zero-order chi connectivity index (χ0) is 10.3. The molecule has 15 heavy (non-hydrogen) atoms. The lowest BCUT2D eigenvalue weighted by molar-refractivity contribution is 0.764. The van der Waals surface area contributed by atoms with Gasteiger partial charge in [0, 0.05) is 12.1 Å². The van der Waals surface area contributed by atoms with Crippen LogP contribution in [0.1, 0.15) is 24.6 Å². The summed E-state index contributed by atoms with van der Waals surface area (Å²) in [6.45, 7) is 0. The molecule has 0 saturated heterocycles. The lowest BCUT2D eigenvalue weighted by Crippen LogP contribution is -2.05. The second kappa shape index (κ2) is 3.01. The fraction of sp³-hybridized carbons (Fsp3) is 0.333. The van der Waals surface area contributed by atoms with Crippen molar-refractivity contribution in [3.8, 4) is 5.69 Å². The van der Waals surface area contributed by atoms with Crippen LogP contribution in [0.25, 0.3) is 5.69 Å². The molecule has 0 radical (unpaired) electrons. The van der Waals surface area contributed by atoms with E-state index in [4.69, 9.17) is 5.73 Å². The van der Waals surface area contributed by atoms with Crippen LogP contribution in [0.2, 0.25) is 0 Å². The van der Waals surface area contributed by atoms with Gasteiger partial charge in [0.25, 0.3) is 0 Å². The normalized spacial score (nSPS) is 15.5. The van der Waals surface area contributed by atoms with E-state index in [2.05, 4.69) is 20.5 Å². The van der Waals surface area contributed by atoms with Crippen molar-refractivity contribution in [1.29, 1.82) is 0 Å². The Morgan fingerprint density at radius 1 is 1.40 bits per heavy atom. The number of tetrazole rings is 1. The third-order valence-corrected chi connectivity index (χ3v) is 2.49. The zero-order valence-electron chi connectivity index (χ0n) is 8.04. The monoisotopic (exact) mass is 202 g/mol. The van der Waals surface area contributed by atoms with E-state index in [1.54, 1.807) is 17.1 Å². The average molecular weight is 202 g/mol. The predicted molar refractivity (Wildman–Crippen MR) is 53.3 cm³/mol. The SMILES string of the molecule is Nc1cnccc1-n1nnnc1C1CC1. The second-order valence-electron chi connectivity index (χ2n) is 3.66. The Bertz CT molecular complexity index is 487. The minimum atomic E-state index is 0.493. The van der Waals surface area contributed by atoms with Gasteiger partial charge in [0.2, 0.25) is 0 Å². The number of pyridine rings is 1. The van der Waals surface area contributed by atoms with Crippen LogP contribution in [-0.4, -0.2) is 25.2 Å². The van der Waals surface area contributed by atoms with Crippen molar-refractivity contribution in [2.45, 2.75) is 18.8 Å². The minimum Gasteiger partial charge on any atom is -0.396 e. The Labute approximate surface area is 86.1 Å². The van der Waals surface area contributed by atoms with Crippen molar-refractivity contribution >= 4 is 5.69 Å². The van der Waals surface area contributed by atoms with Crippen LogP contribution >= 0.6 is 0 Å². The second-order valence-corrected chi connectivity index (χ2v) is 3.66. The number of hydrogen-bond donors (Lipinski definition) is 1. The van der Waals surface area contributed by atoms with Gasteiger partial charge in [0.15, 0.2) is 5.82 Å². The van der Waals surface area contributed by atoms with Gasteiger partial charge < -0.3 is 5.73 Å². The molecule has 1 aliphatic rings. The van der Waals surface area contributed by atoms with Crippen molar-refractivity contribution in [3.05, 3.63) is 24.3 Å². The Kier molecular flexibility index (Phi) is 1.67. The molecule has 0 atom stereocenters. The molecule has 76 valence electrons. The first-order valence-corrected chi connectivity index (χ1v) is 4.84. The Morgan fingerprint density at radius 3 is 3.00 bits per heavy atom. The highest BCUT2D eigenvalue weighted by atomic mass is 15.5. The highest BCUT2D eigenvalue weighted by Crippen LogP contribution is 2.39. The lowest BCUT2D eigenvalue weighted by Gasteiger charge is -2.05. The molecular weight excluding hydrogens is 192 g/mol. The number of nitrogens with zero attached hydrogens (tertiary/aromatic N) is 5. The average Bonchev–Trinajstić information content (AvgIpc) is 2.98. The molecule has 0 aromatic carbocycles. The maximum absolute atomic E-state index is 5.82. The summed E-state index contributed by atoms with van der Waals surface area (Å²) in [6.07, 6.45) is 5.61. The summed E-state index contributed by atoms with van der Waals surface area (Å²) in [4.78, 5) is 3.94. The molecule has 2 aromatic heterocycles. The number of nitrogens with two attached hydrogens (primary N) is 1. The van der Waals surface area contributed by atoms with Crippen molar-refractivity contribution < 1.29 is 0 Å². The summed E-state index contributed by atoms with van der Waals surface area (Å²) < 4.78 is 1.70. The van der Waals surface area contributed by atoms with E-state index in [9.17, 15) is 0 Å². The Balaban J connectivity index is 2.12. The molecule has 6 nitrogen and oxygen atoms in total. The van der Waals surface area contributed by atoms with Gasteiger partial charge in [-0.25, -0.2) is 0 Å². The van der Waals surface area contributed by atoms with E-state index in [-0.39, 0.29) is 0 Å². The summed E-state index contributed by atoms with van der Waals surface area (Å²) in [5, 5.41) is 11.7. The van der Waals surface area contributed by atoms with Gasteiger partial charge in [-0.15, -0.1) is 5.10 Å². The van der Waals surface area contributed by atoms with Gasteiger partial charge in [-0.2, -0.15) is 4.68 Å². The van der Waals surface area contributed by atoms with Gasteiger partial charge in [-0.1, -0.05) is 0 Å². The first-order valence-electron chi connectivity index (χ1n) is 4.84. The first-order chi connectivity index (χ1) is 7.36. The van der Waals surface area contributed by atoms with E-state index >= 15 is 0 Å². The molecule has 1 fully saturated rings. The van der Waals surface area contributed by atoms with Crippen LogP contribution in [0.4, 0.5) is 5.69 Å². The number of hydrogen-bond acceptors (Lipinski definition) is 5. The molecule has 0 aliphatic heterocycles. The lowest BCUT2D eigenvalue weighted by atomic mass is 10.3. The smallest absolute Gasteiger partial charge is 0.159 e. The molecule has 0 amide bonds. The maximum Gasteiger partial charge on any atom is 0.159 e. The molecule has 3 rings (SSSR count). The van der Waals surface area contributed by atoms with E-state index in [1.807, 2.05) is 6.07 Å². The van der Waals surface area contributed by atoms with E-state index in [0.29, 0.717) is 11.6 Å². The standard InChI is InChI=1S/C9H10N6/c10-7-5-11-4-3-8(7)15-9(6-1-2-6)12-13-14-15/h3-6H,1-2,10H2. The molecular formula is C9H10N6. The third-order valence-electron chi connectivity index (χ3n) is 2.49. The van der Waals surface area contributed by atoms with Crippen molar-refractivity contribution in [3.63, 3.8) is 0 Å². The molecule has 1 aliphatic carbocycles. The number of nitrogen functional groups attached to an aromatic ring is 1. The van der Waals surface area contributed by atoms with E-state index < -0.39 is 0 Å². The van der Waals surface area contributed by atoms with Crippen LogP contribution < -0.4 is 5.73 Å². The number of aromatic nitrogens is 5. The van der Waals surface area contributed by atoms with Crippen molar-refractivity contribution in [1.82, 2.24) is 25.2 Å². The quantitative estimate of drug-likeness (QED) is 0.767. The number of rotatable bonds is 2. The number of anilines is 1. The van der Waals surface area contributed by atoms with Gasteiger partial charge in [0.05, 0.1) is 17.6 Å². The summed E-state index contributed by atoms with van der Waals surface area (Å²) in [6, 6.07) is 1.82. The third kappa shape index (κ3) is 1.34. The van der Waals surface area contributed by atoms with Gasteiger partial charge in [-0.3, -0.25) is 4.98 Å². The molecule has 0 unspecified atom stereocenters. The van der Waals surface area contributed by atoms with E-state index in [0.717, 1.165) is 24.4 Å². The van der Waals surface area contributed by atoms with Crippen molar-refractivity contribution in [2.24, 2.45) is 0 Å². The molecule has 2 heterocycles. The molecule has 2 N–H and O–H groups in total. The van der Waals surface area contributed by atoms with E-state index in [1.165, 1.54) is 0 Å². The van der Waals surface area contributed by atoms with Crippen LogP contribution in [0.15, 0.2) is 18.5 Å². The zero-order valence-corrected chi connectivity index (χ0v) is 8.04. The van der Waals surface area contributed by atoms with Gasteiger partial charge >= 0.3 is 0 Å². The highest BCUT2D eigenvalue weighted by molar-refractivity contribution is 5.55. The van der Waals surface area contributed by atoms with Crippen molar-refractivity contribution in [2.75, 3.05) is 5.73 Å². The highest BCUT2D eigenvalue weighted by Gasteiger charge is 2.30. The van der Waals surface area contributed by atoms with Crippen LogP contribution in [0, 0.1) is 0 Å². The topological polar surface area (TPSA) is 82.5 Å². The Hall–Kier alpha value is -1.98. The molecule has 1 saturated carbocycles. The maximum atomic E-state index is 5.82.